The zero-order valence-corrected chi connectivity index (χ0v) is 21.8. The summed E-state index contributed by atoms with van der Waals surface area (Å²) >= 11 is 2.64. The zero-order valence-electron chi connectivity index (χ0n) is 20.2. The van der Waals surface area contributed by atoms with E-state index >= 15 is 0 Å². The summed E-state index contributed by atoms with van der Waals surface area (Å²) in [7, 11) is 1.59. The highest BCUT2D eigenvalue weighted by Gasteiger charge is 2.21. The number of carbonyl (C=O) groups excluding carboxylic acids is 2. The predicted molar refractivity (Wildman–Crippen MR) is 140 cm³/mol. The second-order valence-corrected chi connectivity index (χ2v) is 9.26. The Morgan fingerprint density at radius 2 is 1.60 bits per heavy atom. The van der Waals surface area contributed by atoms with Crippen molar-refractivity contribution in [1.82, 2.24) is 10.3 Å². The monoisotopic (exact) mass is 515 g/mol. The van der Waals surface area contributed by atoms with Gasteiger partial charge in [0.1, 0.15) is 10.7 Å². The Morgan fingerprint density at radius 1 is 0.971 bits per heavy atom. The van der Waals surface area contributed by atoms with Gasteiger partial charge in [-0.25, -0.2) is 4.98 Å². The van der Waals surface area contributed by atoms with Gasteiger partial charge in [-0.1, -0.05) is 53.4 Å². The third-order valence-electron chi connectivity index (χ3n) is 4.66. The van der Waals surface area contributed by atoms with Gasteiger partial charge >= 0.3 is 0 Å². The molecule has 0 aliphatic heterocycles. The van der Waals surface area contributed by atoms with Gasteiger partial charge in [-0.15, -0.1) is 0 Å². The summed E-state index contributed by atoms with van der Waals surface area (Å²) in [6, 6.07) is 12.9. The van der Waals surface area contributed by atoms with Gasteiger partial charge in [0.05, 0.1) is 25.6 Å². The number of thioether (sulfide) groups is 1. The number of hydrogen-bond acceptors (Lipinski definition) is 8. The summed E-state index contributed by atoms with van der Waals surface area (Å²) in [5, 5.41) is 6.18. The molecular formula is C25H29N3O5S2. The van der Waals surface area contributed by atoms with Crippen molar-refractivity contribution >= 4 is 39.9 Å². The Balaban J connectivity index is 1.96. The minimum absolute atomic E-state index is 0.0988. The van der Waals surface area contributed by atoms with Crippen LogP contribution in [0.5, 0.6) is 17.2 Å². The predicted octanol–water partition coefficient (Wildman–Crippen LogP) is 5.10. The van der Waals surface area contributed by atoms with Gasteiger partial charge in [-0.3, -0.25) is 9.59 Å². The van der Waals surface area contributed by atoms with Crippen molar-refractivity contribution < 1.29 is 23.8 Å². The number of benzene rings is 2. The fraction of sp³-hybridized carbons (Fsp3) is 0.320. The first-order chi connectivity index (χ1) is 17.0. The Labute approximate surface area is 213 Å². The fourth-order valence-corrected chi connectivity index (χ4v) is 5.07. The summed E-state index contributed by atoms with van der Waals surface area (Å²) in [5.41, 5.74) is 1.87. The molecule has 0 radical (unpaired) electrons. The average molecular weight is 516 g/mol. The molecule has 2 N–H and O–H groups in total. The number of anilines is 1. The van der Waals surface area contributed by atoms with Gasteiger partial charge in [0.15, 0.2) is 15.8 Å². The molecule has 0 saturated carbocycles. The Hall–Kier alpha value is -3.24. The molecule has 186 valence electrons. The molecule has 3 rings (SSSR count). The van der Waals surface area contributed by atoms with Crippen molar-refractivity contribution in [3.8, 4) is 28.5 Å². The van der Waals surface area contributed by atoms with Gasteiger partial charge < -0.3 is 24.8 Å². The summed E-state index contributed by atoms with van der Waals surface area (Å²) in [6.07, 6.45) is 0. The highest BCUT2D eigenvalue weighted by atomic mass is 32.2. The minimum atomic E-state index is -0.335. The summed E-state index contributed by atoms with van der Waals surface area (Å²) < 4.78 is 17.9. The molecule has 0 spiro atoms. The van der Waals surface area contributed by atoms with Crippen molar-refractivity contribution in [1.29, 1.82) is 0 Å². The second-order valence-electron chi connectivity index (χ2n) is 7.04. The lowest BCUT2D eigenvalue weighted by atomic mass is 10.1. The lowest BCUT2D eigenvalue weighted by Gasteiger charge is -2.17. The minimum Gasteiger partial charge on any atom is -0.490 e. The van der Waals surface area contributed by atoms with E-state index in [2.05, 4.69) is 15.6 Å². The maximum atomic E-state index is 13.3. The van der Waals surface area contributed by atoms with Crippen LogP contribution in [-0.2, 0) is 4.79 Å². The van der Waals surface area contributed by atoms with Gasteiger partial charge in [0, 0.05) is 18.2 Å². The molecule has 2 amide bonds. The second kappa shape index (κ2) is 13.0. The van der Waals surface area contributed by atoms with E-state index in [1.807, 2.05) is 51.1 Å². The van der Waals surface area contributed by atoms with Crippen molar-refractivity contribution in [3.05, 3.63) is 48.0 Å². The van der Waals surface area contributed by atoms with Crippen molar-refractivity contribution in [2.24, 2.45) is 0 Å². The van der Waals surface area contributed by atoms with Crippen LogP contribution >= 0.6 is 23.1 Å². The van der Waals surface area contributed by atoms with Crippen LogP contribution in [0, 0.1) is 0 Å². The van der Waals surface area contributed by atoms with E-state index in [0.717, 1.165) is 5.56 Å². The highest BCUT2D eigenvalue weighted by Crippen LogP contribution is 2.41. The van der Waals surface area contributed by atoms with E-state index in [4.69, 9.17) is 14.2 Å². The molecule has 1 aromatic heterocycles. The Kier molecular flexibility index (Phi) is 9.80. The number of aromatic nitrogens is 1. The summed E-state index contributed by atoms with van der Waals surface area (Å²) in [4.78, 5) is 29.7. The number of thiazole rings is 1. The van der Waals surface area contributed by atoms with Crippen LogP contribution < -0.4 is 24.8 Å². The normalized spacial score (nSPS) is 10.5. The van der Waals surface area contributed by atoms with Gasteiger partial charge in [-0.2, -0.15) is 0 Å². The Morgan fingerprint density at radius 3 is 2.17 bits per heavy atom. The van der Waals surface area contributed by atoms with Crippen molar-refractivity contribution in [2.75, 3.05) is 37.9 Å². The number of carbonyl (C=O) groups is 2. The van der Waals surface area contributed by atoms with E-state index in [1.165, 1.54) is 23.1 Å². The topological polar surface area (TPSA) is 98.8 Å². The van der Waals surface area contributed by atoms with E-state index < -0.39 is 0 Å². The molecule has 8 nitrogen and oxygen atoms in total. The maximum absolute atomic E-state index is 13.3. The van der Waals surface area contributed by atoms with Crippen LogP contribution in [0.25, 0.3) is 11.3 Å². The number of ether oxygens (including phenoxy) is 3. The van der Waals surface area contributed by atoms with Crippen molar-refractivity contribution in [2.45, 2.75) is 25.1 Å². The summed E-state index contributed by atoms with van der Waals surface area (Å²) in [6.45, 7) is 6.87. The number of nitrogens with one attached hydrogen (secondary N) is 2. The lowest BCUT2D eigenvalue weighted by Crippen LogP contribution is -2.19. The van der Waals surface area contributed by atoms with Gasteiger partial charge in [0.2, 0.25) is 11.7 Å². The number of rotatable bonds is 12. The van der Waals surface area contributed by atoms with Crippen LogP contribution in [0.3, 0.4) is 0 Å². The van der Waals surface area contributed by atoms with Crippen LogP contribution in [0.1, 0.15) is 31.1 Å². The Bertz CT molecular complexity index is 1120. The third-order valence-corrected chi connectivity index (χ3v) is 6.77. The molecule has 10 heteroatoms. The molecule has 0 fully saturated rings. The largest absolute Gasteiger partial charge is 0.490 e. The SMILES string of the molecule is CCOc1cc(C(=O)Nc2sc(SCC(=O)NC)nc2-c2ccccc2)cc(OCC)c1OCC. The van der Waals surface area contributed by atoms with Crippen LogP contribution in [0.15, 0.2) is 46.8 Å². The first kappa shape index (κ1) is 26.4. The number of amides is 2. The molecule has 2 aromatic carbocycles. The molecule has 0 unspecified atom stereocenters. The zero-order chi connectivity index (χ0) is 25.2. The van der Waals surface area contributed by atoms with E-state index in [0.29, 0.717) is 57.7 Å². The molecule has 0 saturated heterocycles. The molecule has 0 bridgehead atoms. The van der Waals surface area contributed by atoms with E-state index in [9.17, 15) is 9.59 Å². The van der Waals surface area contributed by atoms with E-state index in [-0.39, 0.29) is 17.6 Å². The molecular weight excluding hydrogens is 486 g/mol. The molecule has 0 aliphatic carbocycles. The number of hydrogen-bond donors (Lipinski definition) is 2. The van der Waals surface area contributed by atoms with Crippen molar-refractivity contribution in [3.63, 3.8) is 0 Å². The molecule has 0 aliphatic rings. The van der Waals surface area contributed by atoms with E-state index in [1.54, 1.807) is 19.2 Å². The summed E-state index contributed by atoms with van der Waals surface area (Å²) in [5.74, 6) is 1.17. The molecule has 3 aromatic rings. The molecule has 35 heavy (non-hydrogen) atoms. The lowest BCUT2D eigenvalue weighted by molar-refractivity contribution is -0.118. The van der Waals surface area contributed by atoms with Gasteiger partial charge in [-0.05, 0) is 32.9 Å². The standard InChI is InChI=1S/C25H29N3O5S2/c1-5-31-18-13-17(14-19(32-6-2)22(18)33-7-3)23(30)28-24-21(16-11-9-8-10-12-16)27-25(35-24)34-15-20(29)26-4/h8-14H,5-7,15H2,1-4H3,(H,26,29)(H,28,30). The fourth-order valence-electron chi connectivity index (χ4n) is 3.13. The number of nitrogens with zero attached hydrogens (tertiary/aromatic N) is 1. The van der Waals surface area contributed by atoms with Crippen LogP contribution in [0.4, 0.5) is 5.00 Å². The maximum Gasteiger partial charge on any atom is 0.256 e. The molecule has 1 heterocycles. The average Bonchev–Trinajstić information content (AvgIpc) is 3.27. The first-order valence-corrected chi connectivity index (χ1v) is 13.1. The highest BCUT2D eigenvalue weighted by molar-refractivity contribution is 8.01. The molecule has 0 atom stereocenters. The third kappa shape index (κ3) is 6.89. The van der Waals surface area contributed by atoms with Gasteiger partial charge in [0.25, 0.3) is 5.91 Å². The first-order valence-electron chi connectivity index (χ1n) is 11.3. The quantitative estimate of drug-likeness (QED) is 0.324. The van der Waals surface area contributed by atoms with Crippen LogP contribution in [0.2, 0.25) is 0 Å². The van der Waals surface area contributed by atoms with Crippen LogP contribution in [-0.4, -0.2) is 49.4 Å². The smallest absolute Gasteiger partial charge is 0.256 e.